The number of hydrogen-bond donors (Lipinski definition) is 0. The molecule has 0 radical (unpaired) electrons. The zero-order valence-electron chi connectivity index (χ0n) is 20.4. The molecule has 0 N–H and O–H groups in total. The van der Waals surface area contributed by atoms with Gasteiger partial charge in [-0.1, -0.05) is 0 Å². The lowest BCUT2D eigenvalue weighted by Crippen LogP contribution is -2.52. The third-order valence-electron chi connectivity index (χ3n) is 7.04. The lowest BCUT2D eigenvalue weighted by Gasteiger charge is -2.44. The van der Waals surface area contributed by atoms with E-state index in [4.69, 9.17) is 18.9 Å². The number of amides is 1. The number of ether oxygens (including phenoxy) is 4. The minimum atomic E-state index is -0.677. The lowest BCUT2D eigenvalue weighted by atomic mass is 9.82. The number of Topliss-reactive ketones (excluding diaryl/α,β-unsaturated/α-hetero) is 2. The van der Waals surface area contributed by atoms with Gasteiger partial charge in [0.2, 0.25) is 0 Å². The summed E-state index contributed by atoms with van der Waals surface area (Å²) < 4.78 is 23.0. The molecule has 0 aromatic heterocycles. The number of nitrogens with zero attached hydrogens (tertiary/aromatic N) is 1. The topological polar surface area (TPSA) is 91.4 Å². The molecule has 2 aromatic carbocycles. The van der Waals surface area contributed by atoms with Crippen molar-refractivity contribution < 1.29 is 33.3 Å². The van der Waals surface area contributed by atoms with Gasteiger partial charge in [0.15, 0.2) is 11.6 Å². The number of hydrogen-bond acceptors (Lipinski definition) is 7. The highest BCUT2D eigenvalue weighted by atomic mass is 16.5. The van der Waals surface area contributed by atoms with Gasteiger partial charge in [-0.3, -0.25) is 14.4 Å². The van der Waals surface area contributed by atoms with E-state index in [1.54, 1.807) is 42.3 Å². The summed E-state index contributed by atoms with van der Waals surface area (Å²) in [5, 5.41) is 0. The van der Waals surface area contributed by atoms with Crippen LogP contribution in [0.25, 0.3) is 0 Å². The van der Waals surface area contributed by atoms with Gasteiger partial charge in [0.25, 0.3) is 5.91 Å². The molecule has 2 aromatic rings. The predicted molar refractivity (Wildman–Crippen MR) is 127 cm³/mol. The first kappa shape index (κ1) is 23.2. The smallest absolute Gasteiger partial charge is 0.253 e. The van der Waals surface area contributed by atoms with E-state index in [0.717, 1.165) is 0 Å². The zero-order valence-corrected chi connectivity index (χ0v) is 20.4. The molecule has 3 aliphatic heterocycles. The van der Waals surface area contributed by atoms with Crippen LogP contribution < -0.4 is 18.9 Å². The molecule has 3 aliphatic rings. The van der Waals surface area contributed by atoms with E-state index in [2.05, 4.69) is 0 Å². The Morgan fingerprint density at radius 2 is 1.66 bits per heavy atom. The molecule has 184 valence electrons. The van der Waals surface area contributed by atoms with Gasteiger partial charge >= 0.3 is 0 Å². The number of piperidine rings is 1. The van der Waals surface area contributed by atoms with E-state index in [0.29, 0.717) is 65.6 Å². The molecule has 0 bridgehead atoms. The Morgan fingerprint density at radius 3 is 2.34 bits per heavy atom. The Bertz CT molecular complexity index is 1220. The van der Waals surface area contributed by atoms with Crippen molar-refractivity contribution in [3.63, 3.8) is 0 Å². The van der Waals surface area contributed by atoms with Gasteiger partial charge in [0.05, 0.1) is 32.6 Å². The largest absolute Gasteiger partial charge is 0.496 e. The SMILES string of the molecule is COc1cc(OC)c2c(c1)OC1(CCN(C(=O)c3ccc4c(c3)C(=O)CC(C)(C)O4)CC1)CC2=O. The van der Waals surface area contributed by atoms with Crippen LogP contribution in [-0.4, -0.2) is 60.9 Å². The molecule has 8 nitrogen and oxygen atoms in total. The second kappa shape index (κ2) is 8.29. The number of methoxy groups -OCH3 is 2. The molecule has 35 heavy (non-hydrogen) atoms. The Morgan fingerprint density at radius 1 is 0.914 bits per heavy atom. The number of benzene rings is 2. The van der Waals surface area contributed by atoms with Crippen molar-refractivity contribution in [2.75, 3.05) is 27.3 Å². The maximum atomic E-state index is 13.3. The summed E-state index contributed by atoms with van der Waals surface area (Å²) >= 11 is 0. The second-order valence-electron chi connectivity index (χ2n) is 10.1. The minimum Gasteiger partial charge on any atom is -0.496 e. The van der Waals surface area contributed by atoms with Crippen LogP contribution in [0.5, 0.6) is 23.0 Å². The van der Waals surface area contributed by atoms with Crippen LogP contribution in [0, 0.1) is 0 Å². The van der Waals surface area contributed by atoms with E-state index in [1.807, 2.05) is 13.8 Å². The number of likely N-dealkylation sites (tertiary alicyclic amines) is 1. The van der Waals surface area contributed by atoms with E-state index in [1.165, 1.54) is 7.11 Å². The average Bonchev–Trinajstić information content (AvgIpc) is 2.82. The summed E-state index contributed by atoms with van der Waals surface area (Å²) in [5.74, 6) is 1.73. The molecular formula is C27H29NO7. The van der Waals surface area contributed by atoms with Gasteiger partial charge in [-0.05, 0) is 32.0 Å². The van der Waals surface area contributed by atoms with Crippen LogP contribution in [-0.2, 0) is 0 Å². The number of ketones is 2. The molecule has 3 heterocycles. The Labute approximate surface area is 204 Å². The summed E-state index contributed by atoms with van der Waals surface area (Å²) in [5.41, 5.74) is 0.104. The monoisotopic (exact) mass is 479 g/mol. The van der Waals surface area contributed by atoms with Crippen molar-refractivity contribution in [2.45, 2.75) is 50.7 Å². The summed E-state index contributed by atoms with van der Waals surface area (Å²) in [7, 11) is 3.06. The molecule has 0 aliphatic carbocycles. The van der Waals surface area contributed by atoms with Crippen molar-refractivity contribution in [1.82, 2.24) is 4.90 Å². The van der Waals surface area contributed by atoms with E-state index in [9.17, 15) is 14.4 Å². The quantitative estimate of drug-likeness (QED) is 0.655. The lowest BCUT2D eigenvalue weighted by molar-refractivity contribution is -0.00610. The summed E-state index contributed by atoms with van der Waals surface area (Å²) in [4.78, 5) is 40.7. The first-order valence-electron chi connectivity index (χ1n) is 11.8. The van der Waals surface area contributed by atoms with Crippen LogP contribution in [0.4, 0.5) is 0 Å². The van der Waals surface area contributed by atoms with Crippen molar-refractivity contribution in [2.24, 2.45) is 0 Å². The number of carbonyl (C=O) groups excluding carboxylic acids is 3. The van der Waals surface area contributed by atoms with Crippen molar-refractivity contribution in [3.05, 3.63) is 47.0 Å². The predicted octanol–water partition coefficient (Wildman–Crippen LogP) is 4.09. The van der Waals surface area contributed by atoms with Gasteiger partial charge in [0.1, 0.15) is 39.8 Å². The van der Waals surface area contributed by atoms with Crippen LogP contribution in [0.3, 0.4) is 0 Å². The Balaban J connectivity index is 1.32. The van der Waals surface area contributed by atoms with E-state index in [-0.39, 0.29) is 30.3 Å². The molecule has 8 heteroatoms. The fraction of sp³-hybridized carbons (Fsp3) is 0.444. The van der Waals surface area contributed by atoms with Crippen molar-refractivity contribution >= 4 is 17.5 Å². The van der Waals surface area contributed by atoms with Gasteiger partial charge in [-0.2, -0.15) is 0 Å². The summed E-state index contributed by atoms with van der Waals surface area (Å²) in [6.45, 7) is 4.63. The highest BCUT2D eigenvalue weighted by Crippen LogP contribution is 2.45. The molecule has 0 atom stereocenters. The molecular weight excluding hydrogens is 450 g/mol. The van der Waals surface area contributed by atoms with E-state index < -0.39 is 11.2 Å². The third-order valence-corrected chi connectivity index (χ3v) is 7.04. The van der Waals surface area contributed by atoms with Crippen molar-refractivity contribution in [1.29, 1.82) is 0 Å². The first-order chi connectivity index (χ1) is 16.6. The molecule has 1 spiro atoms. The molecule has 0 saturated carbocycles. The Hall–Kier alpha value is -3.55. The number of rotatable bonds is 3. The highest BCUT2D eigenvalue weighted by Gasteiger charge is 2.45. The highest BCUT2D eigenvalue weighted by molar-refractivity contribution is 6.04. The van der Waals surface area contributed by atoms with Gasteiger partial charge in [-0.25, -0.2) is 0 Å². The van der Waals surface area contributed by atoms with Gasteiger partial charge in [-0.15, -0.1) is 0 Å². The fourth-order valence-electron chi connectivity index (χ4n) is 5.21. The number of fused-ring (bicyclic) bond motifs is 2. The minimum absolute atomic E-state index is 0.0258. The second-order valence-corrected chi connectivity index (χ2v) is 10.1. The molecule has 5 rings (SSSR count). The van der Waals surface area contributed by atoms with E-state index >= 15 is 0 Å². The number of carbonyl (C=O) groups is 3. The first-order valence-corrected chi connectivity index (χ1v) is 11.8. The fourth-order valence-corrected chi connectivity index (χ4v) is 5.21. The molecule has 1 amide bonds. The van der Waals surface area contributed by atoms with Crippen LogP contribution in [0.15, 0.2) is 30.3 Å². The third kappa shape index (κ3) is 4.11. The van der Waals surface area contributed by atoms with Crippen LogP contribution >= 0.6 is 0 Å². The van der Waals surface area contributed by atoms with Gasteiger partial charge < -0.3 is 23.8 Å². The van der Waals surface area contributed by atoms with Gasteiger partial charge in [0, 0.05) is 43.6 Å². The zero-order chi connectivity index (χ0) is 25.0. The normalized spacial score (nSPS) is 19.8. The standard InChI is InChI=1S/C27H29NO7/c1-26(2)14-19(29)18-11-16(5-6-21(18)34-26)25(31)28-9-7-27(8-10-28)15-20(30)24-22(33-4)12-17(32-3)13-23(24)35-27/h5-6,11-13H,7-10,14-15H2,1-4H3. The molecule has 1 saturated heterocycles. The summed E-state index contributed by atoms with van der Waals surface area (Å²) in [6.07, 6.45) is 1.53. The molecule has 1 fully saturated rings. The average molecular weight is 480 g/mol. The maximum absolute atomic E-state index is 13.3. The maximum Gasteiger partial charge on any atom is 0.253 e. The van der Waals surface area contributed by atoms with Crippen LogP contribution in [0.2, 0.25) is 0 Å². The Kier molecular flexibility index (Phi) is 5.49. The van der Waals surface area contributed by atoms with Crippen LogP contribution in [0.1, 0.15) is 70.6 Å². The molecule has 0 unspecified atom stereocenters. The van der Waals surface area contributed by atoms with Crippen molar-refractivity contribution in [3.8, 4) is 23.0 Å². The summed E-state index contributed by atoms with van der Waals surface area (Å²) in [6, 6.07) is 8.43.